The van der Waals surface area contributed by atoms with Crippen LogP contribution in [0.2, 0.25) is 5.02 Å². The molecule has 0 bridgehead atoms. The van der Waals surface area contributed by atoms with Gasteiger partial charge in [-0.2, -0.15) is 0 Å². The maximum Gasteiger partial charge on any atom is 0.144 e. The number of hydrogen-bond acceptors (Lipinski definition) is 5. The van der Waals surface area contributed by atoms with E-state index in [4.69, 9.17) is 25.8 Å². The summed E-state index contributed by atoms with van der Waals surface area (Å²) in [6.07, 6.45) is 3.34. The van der Waals surface area contributed by atoms with Gasteiger partial charge in [0, 0.05) is 18.3 Å². The molecule has 0 saturated carbocycles. The third-order valence-electron chi connectivity index (χ3n) is 3.47. The van der Waals surface area contributed by atoms with Gasteiger partial charge >= 0.3 is 0 Å². The predicted octanol–water partition coefficient (Wildman–Crippen LogP) is 5.09. The minimum atomic E-state index is 0.359. The van der Waals surface area contributed by atoms with Crippen molar-refractivity contribution in [1.82, 2.24) is 9.97 Å². The average molecular weight is 367 g/mol. The minimum absolute atomic E-state index is 0.359. The first kappa shape index (κ1) is 21.0. The van der Waals surface area contributed by atoms with Crippen LogP contribution < -0.4 is 14.2 Å². The largest absolute Gasteiger partial charge is 0.495 e. The summed E-state index contributed by atoms with van der Waals surface area (Å²) in [5, 5.41) is 0.608. The van der Waals surface area contributed by atoms with Gasteiger partial charge in [0.1, 0.15) is 17.2 Å². The fraction of sp³-hybridized carbons (Fsp3) is 0.474. The highest BCUT2D eigenvalue weighted by molar-refractivity contribution is 6.30. The van der Waals surface area contributed by atoms with Crippen LogP contribution in [0.4, 0.5) is 0 Å². The van der Waals surface area contributed by atoms with Crippen LogP contribution in [0, 0.1) is 0 Å². The number of nitrogens with zero attached hydrogens (tertiary/aromatic N) is 2. The first-order chi connectivity index (χ1) is 11.8. The third-order valence-corrected chi connectivity index (χ3v) is 3.68. The SMILES string of the molecule is COc1cc(Cl)cnc1C(C)C.COc1cnc(C(C)C)c(OC)c1. The van der Waals surface area contributed by atoms with Crippen molar-refractivity contribution in [2.75, 3.05) is 21.3 Å². The summed E-state index contributed by atoms with van der Waals surface area (Å²) < 4.78 is 15.4. The van der Waals surface area contributed by atoms with Crippen molar-refractivity contribution in [1.29, 1.82) is 0 Å². The fourth-order valence-corrected chi connectivity index (χ4v) is 2.32. The first-order valence-electron chi connectivity index (χ1n) is 8.11. The Morgan fingerprint density at radius 1 is 0.760 bits per heavy atom. The Hall–Kier alpha value is -2.01. The van der Waals surface area contributed by atoms with Gasteiger partial charge in [0.15, 0.2) is 0 Å². The van der Waals surface area contributed by atoms with E-state index in [9.17, 15) is 0 Å². The summed E-state index contributed by atoms with van der Waals surface area (Å²) in [5.74, 6) is 2.99. The van der Waals surface area contributed by atoms with Crippen molar-refractivity contribution in [3.05, 3.63) is 40.9 Å². The zero-order valence-corrected chi connectivity index (χ0v) is 16.7. The van der Waals surface area contributed by atoms with Gasteiger partial charge in [-0.1, -0.05) is 39.3 Å². The molecule has 2 rings (SSSR count). The quantitative estimate of drug-likeness (QED) is 0.737. The monoisotopic (exact) mass is 366 g/mol. The summed E-state index contributed by atoms with van der Waals surface area (Å²) in [5.41, 5.74) is 1.91. The second-order valence-corrected chi connectivity index (χ2v) is 6.45. The fourth-order valence-electron chi connectivity index (χ4n) is 2.17. The topological polar surface area (TPSA) is 53.5 Å². The summed E-state index contributed by atoms with van der Waals surface area (Å²) in [6, 6.07) is 3.63. The highest BCUT2D eigenvalue weighted by Crippen LogP contribution is 2.27. The molecule has 0 N–H and O–H groups in total. The Morgan fingerprint density at radius 2 is 1.24 bits per heavy atom. The van der Waals surface area contributed by atoms with Crippen molar-refractivity contribution in [2.24, 2.45) is 0 Å². The van der Waals surface area contributed by atoms with Crippen molar-refractivity contribution in [3.63, 3.8) is 0 Å². The molecule has 2 aromatic heterocycles. The molecule has 0 atom stereocenters. The van der Waals surface area contributed by atoms with Crippen LogP contribution in [0.3, 0.4) is 0 Å². The van der Waals surface area contributed by atoms with E-state index >= 15 is 0 Å². The van der Waals surface area contributed by atoms with Crippen molar-refractivity contribution < 1.29 is 14.2 Å². The van der Waals surface area contributed by atoms with Crippen molar-refractivity contribution in [3.8, 4) is 17.2 Å². The summed E-state index contributed by atoms with van der Waals surface area (Å²) in [6.45, 7) is 8.30. The van der Waals surface area contributed by atoms with Gasteiger partial charge in [-0.15, -0.1) is 0 Å². The molecule has 2 aromatic rings. The molecule has 2 heterocycles. The lowest BCUT2D eigenvalue weighted by atomic mass is 10.1. The number of pyridine rings is 2. The van der Waals surface area contributed by atoms with E-state index in [-0.39, 0.29) is 0 Å². The highest BCUT2D eigenvalue weighted by atomic mass is 35.5. The molecular formula is C19H27ClN2O3. The van der Waals surface area contributed by atoms with Crippen LogP contribution in [0.25, 0.3) is 0 Å². The van der Waals surface area contributed by atoms with E-state index in [1.807, 2.05) is 6.07 Å². The molecule has 0 amide bonds. The third kappa shape index (κ3) is 6.09. The van der Waals surface area contributed by atoms with E-state index < -0.39 is 0 Å². The maximum absolute atomic E-state index is 5.76. The van der Waals surface area contributed by atoms with Gasteiger partial charge in [-0.25, -0.2) is 0 Å². The van der Waals surface area contributed by atoms with E-state index in [1.54, 1.807) is 39.8 Å². The Kier molecular flexibility index (Phi) is 8.49. The molecule has 0 aromatic carbocycles. The number of aromatic nitrogens is 2. The zero-order chi connectivity index (χ0) is 19.0. The Morgan fingerprint density at radius 3 is 1.68 bits per heavy atom. The van der Waals surface area contributed by atoms with Crippen LogP contribution in [-0.2, 0) is 0 Å². The van der Waals surface area contributed by atoms with E-state index in [0.29, 0.717) is 16.9 Å². The lowest BCUT2D eigenvalue weighted by Gasteiger charge is -2.11. The zero-order valence-electron chi connectivity index (χ0n) is 16.0. The highest BCUT2D eigenvalue weighted by Gasteiger charge is 2.10. The smallest absolute Gasteiger partial charge is 0.144 e. The molecule has 0 aliphatic rings. The number of rotatable bonds is 5. The van der Waals surface area contributed by atoms with E-state index in [0.717, 1.165) is 28.6 Å². The van der Waals surface area contributed by atoms with Crippen molar-refractivity contribution in [2.45, 2.75) is 39.5 Å². The molecule has 0 radical (unpaired) electrons. The molecule has 6 heteroatoms. The van der Waals surface area contributed by atoms with Gasteiger partial charge in [-0.3, -0.25) is 9.97 Å². The average Bonchev–Trinajstić information content (AvgIpc) is 2.60. The summed E-state index contributed by atoms with van der Waals surface area (Å²) in [7, 11) is 4.88. The van der Waals surface area contributed by atoms with Crippen LogP contribution >= 0.6 is 11.6 Å². The van der Waals surface area contributed by atoms with Gasteiger partial charge < -0.3 is 14.2 Å². The number of halogens is 1. The molecule has 0 fully saturated rings. The predicted molar refractivity (Wildman–Crippen MR) is 101 cm³/mol. The summed E-state index contributed by atoms with van der Waals surface area (Å²) >= 11 is 5.76. The van der Waals surface area contributed by atoms with E-state index in [1.165, 1.54) is 0 Å². The minimum Gasteiger partial charge on any atom is -0.495 e. The molecule has 0 aliphatic carbocycles. The van der Waals surface area contributed by atoms with Crippen LogP contribution in [-0.4, -0.2) is 31.3 Å². The van der Waals surface area contributed by atoms with Gasteiger partial charge in [0.05, 0.1) is 43.9 Å². The molecule has 138 valence electrons. The molecule has 0 saturated heterocycles. The second kappa shape index (κ2) is 10.1. The molecule has 0 unspecified atom stereocenters. The lowest BCUT2D eigenvalue weighted by molar-refractivity contribution is 0.385. The molecular weight excluding hydrogens is 340 g/mol. The maximum atomic E-state index is 5.76. The van der Waals surface area contributed by atoms with Gasteiger partial charge in [0.25, 0.3) is 0 Å². The van der Waals surface area contributed by atoms with Crippen LogP contribution in [0.15, 0.2) is 24.5 Å². The Bertz CT molecular complexity index is 676. The molecule has 0 spiro atoms. The van der Waals surface area contributed by atoms with Gasteiger partial charge in [0.2, 0.25) is 0 Å². The van der Waals surface area contributed by atoms with E-state index in [2.05, 4.69) is 37.7 Å². The number of hydrogen-bond donors (Lipinski definition) is 0. The van der Waals surface area contributed by atoms with Gasteiger partial charge in [-0.05, 0) is 11.8 Å². The molecule has 5 nitrogen and oxygen atoms in total. The first-order valence-corrected chi connectivity index (χ1v) is 8.49. The molecule has 0 aliphatic heterocycles. The van der Waals surface area contributed by atoms with Crippen LogP contribution in [0.5, 0.6) is 17.2 Å². The molecule has 25 heavy (non-hydrogen) atoms. The van der Waals surface area contributed by atoms with Crippen LogP contribution in [0.1, 0.15) is 50.9 Å². The lowest BCUT2D eigenvalue weighted by Crippen LogP contribution is -1.98. The Labute approximate surface area is 155 Å². The second-order valence-electron chi connectivity index (χ2n) is 6.01. The standard InChI is InChI=1S/C10H15NO2.C9H12ClNO/c1-7(2)10-9(13-4)5-8(12-3)6-11-10;1-6(2)9-8(12-3)4-7(10)5-11-9/h5-7H,1-4H3;4-6H,1-3H3. The summed E-state index contributed by atoms with van der Waals surface area (Å²) in [4.78, 5) is 8.46. The number of methoxy groups -OCH3 is 3. The normalized spacial score (nSPS) is 10.3. The number of ether oxygens (including phenoxy) is 3. The Balaban J connectivity index is 0.000000251. The van der Waals surface area contributed by atoms with Crippen molar-refractivity contribution >= 4 is 11.6 Å².